The molecule has 0 heterocycles. The van der Waals surface area contributed by atoms with Gasteiger partial charge in [-0.2, -0.15) is 11.8 Å². The summed E-state index contributed by atoms with van der Waals surface area (Å²) in [4.78, 5) is 0. The van der Waals surface area contributed by atoms with Gasteiger partial charge in [-0.05, 0) is 50.7 Å². The zero-order chi connectivity index (χ0) is 9.97. The van der Waals surface area contributed by atoms with E-state index >= 15 is 0 Å². The molecular formula is C12H23NS. The van der Waals surface area contributed by atoms with Gasteiger partial charge >= 0.3 is 0 Å². The molecule has 2 aliphatic carbocycles. The van der Waals surface area contributed by atoms with Gasteiger partial charge in [0.05, 0.1) is 0 Å². The van der Waals surface area contributed by atoms with Crippen molar-refractivity contribution in [3.63, 3.8) is 0 Å². The zero-order valence-electron chi connectivity index (χ0n) is 9.46. The third-order valence-electron chi connectivity index (χ3n) is 3.88. The summed E-state index contributed by atoms with van der Waals surface area (Å²) in [6.45, 7) is 2.39. The van der Waals surface area contributed by atoms with Gasteiger partial charge in [-0.15, -0.1) is 0 Å². The molecule has 1 N–H and O–H groups in total. The second kappa shape index (κ2) is 4.89. The number of hydrogen-bond donors (Lipinski definition) is 1. The van der Waals surface area contributed by atoms with Crippen molar-refractivity contribution in [3.8, 4) is 0 Å². The highest BCUT2D eigenvalue weighted by atomic mass is 32.2. The van der Waals surface area contributed by atoms with Crippen LogP contribution in [0.5, 0.6) is 0 Å². The van der Waals surface area contributed by atoms with Crippen molar-refractivity contribution in [1.82, 2.24) is 5.32 Å². The van der Waals surface area contributed by atoms with Crippen LogP contribution < -0.4 is 5.32 Å². The van der Waals surface area contributed by atoms with Crippen molar-refractivity contribution >= 4 is 11.8 Å². The Labute approximate surface area is 92.4 Å². The molecule has 2 fully saturated rings. The molecule has 0 spiro atoms. The van der Waals surface area contributed by atoms with Gasteiger partial charge in [0.25, 0.3) is 0 Å². The summed E-state index contributed by atoms with van der Waals surface area (Å²) in [5.41, 5.74) is 0. The smallest absolute Gasteiger partial charge is 0.00805 e. The summed E-state index contributed by atoms with van der Waals surface area (Å²) in [6.07, 6.45) is 10.8. The fourth-order valence-corrected chi connectivity index (χ4v) is 3.79. The van der Waals surface area contributed by atoms with Gasteiger partial charge in [-0.3, -0.25) is 0 Å². The number of rotatable bonds is 3. The summed E-state index contributed by atoms with van der Waals surface area (Å²) in [6, 6.07) is 1.68. The van der Waals surface area contributed by atoms with Crippen LogP contribution in [-0.2, 0) is 0 Å². The molecule has 1 nitrogen and oxygen atoms in total. The Morgan fingerprint density at radius 1 is 1.00 bits per heavy atom. The summed E-state index contributed by atoms with van der Waals surface area (Å²) in [5, 5.41) is 4.80. The standard InChI is InChI=1S/C12H23NS/c1-9-3-4-10(7-9)13-11-5-6-12(8-11)14-2/h9-13H,3-8H2,1-2H3. The second-order valence-electron chi connectivity index (χ2n) is 5.15. The fraction of sp³-hybridized carbons (Fsp3) is 1.00. The lowest BCUT2D eigenvalue weighted by Crippen LogP contribution is -2.35. The van der Waals surface area contributed by atoms with Crippen LogP contribution in [0.2, 0.25) is 0 Å². The van der Waals surface area contributed by atoms with E-state index in [0.29, 0.717) is 0 Å². The van der Waals surface area contributed by atoms with E-state index in [0.717, 1.165) is 23.3 Å². The lowest BCUT2D eigenvalue weighted by Gasteiger charge is -2.18. The van der Waals surface area contributed by atoms with Crippen LogP contribution in [0.3, 0.4) is 0 Å². The molecule has 14 heavy (non-hydrogen) atoms. The van der Waals surface area contributed by atoms with E-state index in [-0.39, 0.29) is 0 Å². The maximum atomic E-state index is 3.86. The van der Waals surface area contributed by atoms with Crippen molar-refractivity contribution in [2.75, 3.05) is 6.26 Å². The molecule has 0 saturated heterocycles. The molecule has 0 amide bonds. The Kier molecular flexibility index (Phi) is 3.78. The van der Waals surface area contributed by atoms with Gasteiger partial charge in [-0.25, -0.2) is 0 Å². The molecular weight excluding hydrogens is 190 g/mol. The molecule has 0 radical (unpaired) electrons. The first-order chi connectivity index (χ1) is 6.78. The third-order valence-corrected chi connectivity index (χ3v) is 4.98. The van der Waals surface area contributed by atoms with Crippen LogP contribution in [0.15, 0.2) is 0 Å². The van der Waals surface area contributed by atoms with E-state index in [9.17, 15) is 0 Å². The maximum absolute atomic E-state index is 3.86. The Hall–Kier alpha value is 0.310. The average molecular weight is 213 g/mol. The molecule has 2 aliphatic rings. The molecule has 2 heteroatoms. The van der Waals surface area contributed by atoms with E-state index in [2.05, 4.69) is 30.3 Å². The average Bonchev–Trinajstić information content (AvgIpc) is 2.76. The first-order valence-corrected chi connectivity index (χ1v) is 7.35. The lowest BCUT2D eigenvalue weighted by molar-refractivity contribution is 0.426. The Bertz CT molecular complexity index is 183. The zero-order valence-corrected chi connectivity index (χ0v) is 10.3. The van der Waals surface area contributed by atoms with Gasteiger partial charge in [0.15, 0.2) is 0 Å². The molecule has 4 unspecified atom stereocenters. The molecule has 82 valence electrons. The minimum Gasteiger partial charge on any atom is -0.311 e. The maximum Gasteiger partial charge on any atom is 0.00805 e. The minimum absolute atomic E-state index is 0.836. The fourth-order valence-electron chi connectivity index (χ4n) is 3.00. The third kappa shape index (κ3) is 2.66. The van der Waals surface area contributed by atoms with Gasteiger partial charge < -0.3 is 5.32 Å². The molecule has 0 aliphatic heterocycles. The monoisotopic (exact) mass is 213 g/mol. The SMILES string of the molecule is CSC1CCC(NC2CCC(C)C2)C1. The van der Waals surface area contributed by atoms with Crippen molar-refractivity contribution in [2.45, 2.75) is 62.8 Å². The second-order valence-corrected chi connectivity index (χ2v) is 6.29. The van der Waals surface area contributed by atoms with Crippen LogP contribution >= 0.6 is 11.8 Å². The van der Waals surface area contributed by atoms with Crippen molar-refractivity contribution in [2.24, 2.45) is 5.92 Å². The van der Waals surface area contributed by atoms with E-state index in [1.54, 1.807) is 0 Å². The molecule has 4 atom stereocenters. The molecule has 2 saturated carbocycles. The van der Waals surface area contributed by atoms with Gasteiger partial charge in [0, 0.05) is 17.3 Å². The van der Waals surface area contributed by atoms with Crippen LogP contribution in [0, 0.1) is 5.92 Å². The molecule has 2 rings (SSSR count). The number of hydrogen-bond acceptors (Lipinski definition) is 2. The van der Waals surface area contributed by atoms with Gasteiger partial charge in [0.2, 0.25) is 0 Å². The minimum atomic E-state index is 0.836. The predicted octanol–water partition coefficient (Wildman–Crippen LogP) is 3.05. The van der Waals surface area contributed by atoms with E-state index in [1.165, 1.54) is 38.5 Å². The number of nitrogens with one attached hydrogen (secondary N) is 1. The van der Waals surface area contributed by atoms with Crippen LogP contribution in [0.1, 0.15) is 45.4 Å². The van der Waals surface area contributed by atoms with Gasteiger partial charge in [-0.1, -0.05) is 6.92 Å². The van der Waals surface area contributed by atoms with E-state index in [1.807, 2.05) is 0 Å². The first kappa shape index (κ1) is 10.8. The summed E-state index contributed by atoms with van der Waals surface area (Å²) < 4.78 is 0. The molecule has 0 aromatic carbocycles. The Morgan fingerprint density at radius 2 is 1.71 bits per heavy atom. The van der Waals surface area contributed by atoms with Crippen molar-refractivity contribution in [3.05, 3.63) is 0 Å². The highest BCUT2D eigenvalue weighted by Crippen LogP contribution is 2.31. The van der Waals surface area contributed by atoms with Crippen LogP contribution in [0.25, 0.3) is 0 Å². The first-order valence-electron chi connectivity index (χ1n) is 6.06. The van der Waals surface area contributed by atoms with Crippen molar-refractivity contribution in [1.29, 1.82) is 0 Å². The van der Waals surface area contributed by atoms with E-state index in [4.69, 9.17) is 0 Å². The van der Waals surface area contributed by atoms with Gasteiger partial charge in [0.1, 0.15) is 0 Å². The Balaban J connectivity index is 1.71. The molecule has 0 bridgehead atoms. The van der Waals surface area contributed by atoms with Crippen LogP contribution in [-0.4, -0.2) is 23.6 Å². The summed E-state index contributed by atoms with van der Waals surface area (Å²) >= 11 is 2.05. The summed E-state index contributed by atoms with van der Waals surface area (Å²) in [7, 11) is 0. The highest BCUT2D eigenvalue weighted by Gasteiger charge is 2.28. The largest absolute Gasteiger partial charge is 0.311 e. The number of thioether (sulfide) groups is 1. The quantitative estimate of drug-likeness (QED) is 0.773. The Morgan fingerprint density at radius 3 is 2.29 bits per heavy atom. The van der Waals surface area contributed by atoms with Crippen molar-refractivity contribution < 1.29 is 0 Å². The van der Waals surface area contributed by atoms with Crippen LogP contribution in [0.4, 0.5) is 0 Å². The lowest BCUT2D eigenvalue weighted by atomic mass is 10.1. The van der Waals surface area contributed by atoms with E-state index < -0.39 is 0 Å². The normalized spacial score (nSPS) is 43.3. The highest BCUT2D eigenvalue weighted by molar-refractivity contribution is 7.99. The topological polar surface area (TPSA) is 12.0 Å². The molecule has 0 aromatic heterocycles. The molecule has 0 aromatic rings. The predicted molar refractivity (Wildman–Crippen MR) is 64.9 cm³/mol. The summed E-state index contributed by atoms with van der Waals surface area (Å²) in [5.74, 6) is 0.963.